The second-order valence-electron chi connectivity index (χ2n) is 5.05. The molecule has 0 aliphatic heterocycles. The van der Waals surface area contributed by atoms with E-state index in [0.717, 1.165) is 18.4 Å². The maximum atomic E-state index is 12.1. The van der Waals surface area contributed by atoms with Gasteiger partial charge in [0, 0.05) is 6.04 Å². The van der Waals surface area contributed by atoms with Crippen LogP contribution in [0.25, 0.3) is 0 Å². The summed E-state index contributed by atoms with van der Waals surface area (Å²) in [7, 11) is 0. The van der Waals surface area contributed by atoms with Gasteiger partial charge in [-0.1, -0.05) is 30.3 Å². The van der Waals surface area contributed by atoms with Gasteiger partial charge in [-0.05, 0) is 31.7 Å². The van der Waals surface area contributed by atoms with Crippen LogP contribution in [0.5, 0.6) is 0 Å². The zero-order valence-electron chi connectivity index (χ0n) is 10.3. The summed E-state index contributed by atoms with van der Waals surface area (Å²) in [6.07, 6.45) is 2.11. The number of carbonyl (C=O) groups excluding carboxylic acids is 1. The summed E-state index contributed by atoms with van der Waals surface area (Å²) < 4.78 is 0. The average Bonchev–Trinajstić information content (AvgIpc) is 3.13. The Balaban J connectivity index is 2.15. The fraction of sp³-hybridized carbons (Fsp3) is 0.429. The van der Waals surface area contributed by atoms with E-state index in [4.69, 9.17) is 0 Å². The van der Waals surface area contributed by atoms with Gasteiger partial charge in [0.15, 0.2) is 0 Å². The minimum atomic E-state index is -1.40. The predicted octanol–water partition coefficient (Wildman–Crippen LogP) is 1.60. The van der Waals surface area contributed by atoms with Crippen LogP contribution in [0.3, 0.4) is 0 Å². The molecular formula is C14H17NO3. The maximum absolute atomic E-state index is 12.1. The molecule has 2 N–H and O–H groups in total. The van der Waals surface area contributed by atoms with Gasteiger partial charge in [0.05, 0.1) is 0 Å². The van der Waals surface area contributed by atoms with Gasteiger partial charge in [-0.3, -0.25) is 9.59 Å². The molecule has 2 rings (SSSR count). The van der Waals surface area contributed by atoms with E-state index in [1.165, 1.54) is 6.92 Å². The molecule has 1 unspecified atom stereocenters. The average molecular weight is 247 g/mol. The summed E-state index contributed by atoms with van der Waals surface area (Å²) in [5.74, 6) is -1.47. The van der Waals surface area contributed by atoms with Crippen LogP contribution in [0.4, 0.5) is 0 Å². The van der Waals surface area contributed by atoms with E-state index in [0.29, 0.717) is 0 Å². The van der Waals surface area contributed by atoms with Crippen molar-refractivity contribution < 1.29 is 14.7 Å². The molecule has 0 aromatic heterocycles. The Morgan fingerprint density at radius 3 is 2.44 bits per heavy atom. The molecule has 1 amide bonds. The summed E-state index contributed by atoms with van der Waals surface area (Å²) in [5, 5.41) is 12.1. The first kappa shape index (κ1) is 12.6. The molecule has 1 aromatic rings. The van der Waals surface area contributed by atoms with E-state index >= 15 is 0 Å². The lowest BCUT2D eigenvalue weighted by Gasteiger charge is -2.23. The van der Waals surface area contributed by atoms with Crippen molar-refractivity contribution in [1.82, 2.24) is 5.32 Å². The van der Waals surface area contributed by atoms with Crippen LogP contribution < -0.4 is 5.32 Å². The number of rotatable bonds is 5. The Morgan fingerprint density at radius 1 is 1.33 bits per heavy atom. The van der Waals surface area contributed by atoms with Crippen molar-refractivity contribution >= 4 is 11.9 Å². The Kier molecular flexibility index (Phi) is 3.36. The van der Waals surface area contributed by atoms with Crippen LogP contribution in [0.2, 0.25) is 0 Å². The molecule has 96 valence electrons. The molecular weight excluding hydrogens is 230 g/mol. The van der Waals surface area contributed by atoms with E-state index in [-0.39, 0.29) is 18.4 Å². The first-order valence-electron chi connectivity index (χ1n) is 6.10. The van der Waals surface area contributed by atoms with Crippen LogP contribution >= 0.6 is 0 Å². The standard InChI is InChI=1S/C14H17NO3/c1-14(13(17)18,12(16)15-11-7-8-11)9-10-5-3-2-4-6-10/h2-6,11H,7-9H2,1H3,(H,15,16)(H,17,18). The van der Waals surface area contributed by atoms with Crippen molar-refractivity contribution in [2.75, 3.05) is 0 Å². The lowest BCUT2D eigenvalue weighted by Crippen LogP contribution is -2.46. The molecule has 1 fully saturated rings. The van der Waals surface area contributed by atoms with E-state index < -0.39 is 11.4 Å². The number of hydrogen-bond donors (Lipinski definition) is 2. The van der Waals surface area contributed by atoms with Crippen LogP contribution in [0.15, 0.2) is 30.3 Å². The molecule has 1 aliphatic carbocycles. The van der Waals surface area contributed by atoms with Crippen molar-refractivity contribution in [3.8, 4) is 0 Å². The third kappa shape index (κ3) is 2.70. The van der Waals surface area contributed by atoms with Gasteiger partial charge in [0.2, 0.25) is 5.91 Å². The number of hydrogen-bond acceptors (Lipinski definition) is 2. The summed E-state index contributed by atoms with van der Waals surface area (Å²) >= 11 is 0. The first-order chi connectivity index (χ1) is 8.52. The van der Waals surface area contributed by atoms with Gasteiger partial charge in [0.1, 0.15) is 5.41 Å². The van der Waals surface area contributed by atoms with Gasteiger partial charge in [-0.15, -0.1) is 0 Å². The number of aliphatic carboxylic acids is 1. The van der Waals surface area contributed by atoms with Crippen molar-refractivity contribution in [1.29, 1.82) is 0 Å². The quantitative estimate of drug-likeness (QED) is 0.777. The molecule has 4 heteroatoms. The second kappa shape index (κ2) is 4.80. The van der Waals surface area contributed by atoms with Crippen molar-refractivity contribution in [3.05, 3.63) is 35.9 Å². The van der Waals surface area contributed by atoms with Crippen molar-refractivity contribution in [2.45, 2.75) is 32.2 Å². The molecule has 1 saturated carbocycles. The number of carbonyl (C=O) groups is 2. The molecule has 0 radical (unpaired) electrons. The third-order valence-electron chi connectivity index (χ3n) is 3.29. The molecule has 1 aromatic carbocycles. The van der Waals surface area contributed by atoms with Gasteiger partial charge >= 0.3 is 5.97 Å². The monoisotopic (exact) mass is 247 g/mol. The van der Waals surface area contributed by atoms with E-state index in [9.17, 15) is 14.7 Å². The SMILES string of the molecule is CC(Cc1ccccc1)(C(=O)O)C(=O)NC1CC1. The lowest BCUT2D eigenvalue weighted by molar-refractivity contribution is -0.154. The Hall–Kier alpha value is -1.84. The van der Waals surface area contributed by atoms with E-state index in [1.807, 2.05) is 30.3 Å². The zero-order chi connectivity index (χ0) is 13.2. The van der Waals surface area contributed by atoms with Gasteiger partial charge in [-0.2, -0.15) is 0 Å². The number of carboxylic acid groups (broad SMARTS) is 1. The smallest absolute Gasteiger partial charge is 0.319 e. The molecule has 0 bridgehead atoms. The first-order valence-corrected chi connectivity index (χ1v) is 6.10. The number of nitrogens with one attached hydrogen (secondary N) is 1. The highest BCUT2D eigenvalue weighted by Crippen LogP contribution is 2.26. The zero-order valence-corrected chi connectivity index (χ0v) is 10.3. The number of benzene rings is 1. The second-order valence-corrected chi connectivity index (χ2v) is 5.05. The molecule has 0 heterocycles. The highest BCUT2D eigenvalue weighted by molar-refractivity contribution is 6.02. The number of carboxylic acids is 1. The largest absolute Gasteiger partial charge is 0.480 e. The summed E-state index contributed by atoms with van der Waals surface area (Å²) in [6, 6.07) is 9.41. The van der Waals surface area contributed by atoms with Gasteiger partial charge in [-0.25, -0.2) is 0 Å². The topological polar surface area (TPSA) is 66.4 Å². The minimum absolute atomic E-state index is 0.173. The number of amides is 1. The Bertz CT molecular complexity index is 453. The highest BCUT2D eigenvalue weighted by atomic mass is 16.4. The van der Waals surface area contributed by atoms with Crippen molar-refractivity contribution in [2.24, 2.45) is 5.41 Å². The lowest BCUT2D eigenvalue weighted by atomic mass is 9.82. The van der Waals surface area contributed by atoms with E-state index in [2.05, 4.69) is 5.32 Å². The van der Waals surface area contributed by atoms with Crippen LogP contribution in [0, 0.1) is 5.41 Å². The Morgan fingerprint density at radius 2 is 1.94 bits per heavy atom. The fourth-order valence-corrected chi connectivity index (χ4v) is 1.83. The summed E-state index contributed by atoms with van der Waals surface area (Å²) in [6.45, 7) is 1.49. The molecule has 18 heavy (non-hydrogen) atoms. The third-order valence-corrected chi connectivity index (χ3v) is 3.29. The molecule has 0 spiro atoms. The Labute approximate surface area is 106 Å². The van der Waals surface area contributed by atoms with Crippen LogP contribution in [0.1, 0.15) is 25.3 Å². The van der Waals surface area contributed by atoms with Gasteiger partial charge in [0.25, 0.3) is 0 Å². The van der Waals surface area contributed by atoms with Gasteiger partial charge < -0.3 is 10.4 Å². The normalized spacial score (nSPS) is 17.8. The molecule has 1 aliphatic rings. The molecule has 1 atom stereocenters. The van der Waals surface area contributed by atoms with E-state index in [1.54, 1.807) is 0 Å². The van der Waals surface area contributed by atoms with Crippen LogP contribution in [-0.2, 0) is 16.0 Å². The predicted molar refractivity (Wildman–Crippen MR) is 67.1 cm³/mol. The fourth-order valence-electron chi connectivity index (χ4n) is 1.83. The molecule has 0 saturated heterocycles. The minimum Gasteiger partial charge on any atom is -0.480 e. The maximum Gasteiger partial charge on any atom is 0.319 e. The van der Waals surface area contributed by atoms with Crippen molar-refractivity contribution in [3.63, 3.8) is 0 Å². The summed E-state index contributed by atoms with van der Waals surface area (Å²) in [4.78, 5) is 23.5. The van der Waals surface area contributed by atoms with Crippen LogP contribution in [-0.4, -0.2) is 23.0 Å². The molecule has 4 nitrogen and oxygen atoms in total. The summed E-state index contributed by atoms with van der Waals surface area (Å²) in [5.41, 5.74) is -0.544. The highest BCUT2D eigenvalue weighted by Gasteiger charge is 2.43.